The number of fused-ring (bicyclic) bond motifs is 1. The van der Waals surface area contributed by atoms with Crippen molar-refractivity contribution in [1.29, 1.82) is 0 Å². The number of carbonyl (C=O) groups excluding carboxylic acids is 1. The van der Waals surface area contributed by atoms with Gasteiger partial charge in [-0.05, 0) is 48.0 Å². The Labute approximate surface area is 230 Å². The first-order chi connectivity index (χ1) is 17.8. The molecule has 37 heavy (non-hydrogen) atoms. The van der Waals surface area contributed by atoms with Crippen LogP contribution in [0.15, 0.2) is 58.3 Å². The topological polar surface area (TPSA) is 98.7 Å². The van der Waals surface area contributed by atoms with Gasteiger partial charge in [0.15, 0.2) is 9.84 Å². The number of hydrogen-bond donors (Lipinski definition) is 3. The number of rotatable bonds is 15. The molecular weight excluding hydrogens is 527 g/mol. The summed E-state index contributed by atoms with van der Waals surface area (Å²) in [4.78, 5) is 13.5. The molecule has 7 nitrogen and oxygen atoms in total. The standard InChI is InChI=1S/C27H39N3O4S3/c1-4-5-6-7-8-12-17-36-30-19-35-24-18-22(15-16-23(24)30)37(33,34)27(21-13-10-9-11-14-21)28-25(20(2)3)26(31)29-32/h9-11,13-16,18,20,25,27-28,32H,4-8,12,17,19H2,1-3H3,(H,29,31)/t25-,27?/m1/s1. The Morgan fingerprint density at radius 3 is 2.46 bits per heavy atom. The average molecular weight is 566 g/mol. The van der Waals surface area contributed by atoms with E-state index in [1.165, 1.54) is 38.5 Å². The summed E-state index contributed by atoms with van der Waals surface area (Å²) >= 11 is 3.45. The maximum absolute atomic E-state index is 13.9. The molecule has 1 amide bonds. The largest absolute Gasteiger partial charge is 0.305 e. The zero-order chi connectivity index (χ0) is 26.8. The van der Waals surface area contributed by atoms with Crippen LogP contribution in [0.5, 0.6) is 0 Å². The van der Waals surface area contributed by atoms with Crippen molar-refractivity contribution in [3.05, 3.63) is 54.1 Å². The van der Waals surface area contributed by atoms with Gasteiger partial charge in [0.25, 0.3) is 5.91 Å². The summed E-state index contributed by atoms with van der Waals surface area (Å²) in [7, 11) is -3.91. The van der Waals surface area contributed by atoms with Gasteiger partial charge in [-0.25, -0.2) is 13.9 Å². The molecule has 0 fully saturated rings. The molecular formula is C27H39N3O4S3. The third-order valence-corrected chi connectivity index (χ3v) is 10.7. The predicted octanol–water partition coefficient (Wildman–Crippen LogP) is 6.16. The third-order valence-electron chi connectivity index (χ3n) is 6.41. The van der Waals surface area contributed by atoms with Gasteiger partial charge < -0.3 is 4.31 Å². The van der Waals surface area contributed by atoms with Crippen LogP contribution in [-0.4, -0.2) is 37.2 Å². The van der Waals surface area contributed by atoms with Crippen LogP contribution in [0.4, 0.5) is 5.69 Å². The molecule has 0 spiro atoms. The van der Waals surface area contributed by atoms with Gasteiger partial charge in [0.1, 0.15) is 5.37 Å². The zero-order valence-corrected chi connectivity index (χ0v) is 24.3. The second kappa shape index (κ2) is 14.4. The highest BCUT2D eigenvalue weighted by Crippen LogP contribution is 2.44. The van der Waals surface area contributed by atoms with Gasteiger partial charge >= 0.3 is 0 Å². The molecule has 2 aromatic carbocycles. The number of sulfone groups is 1. The minimum absolute atomic E-state index is 0.204. The fourth-order valence-electron chi connectivity index (χ4n) is 4.29. The molecule has 1 aliphatic heterocycles. The Morgan fingerprint density at radius 2 is 1.78 bits per heavy atom. The number of thioether (sulfide) groups is 1. The Morgan fingerprint density at radius 1 is 1.08 bits per heavy atom. The molecule has 0 bridgehead atoms. The number of benzene rings is 2. The predicted molar refractivity (Wildman–Crippen MR) is 154 cm³/mol. The van der Waals surface area contributed by atoms with Crippen molar-refractivity contribution in [2.45, 2.75) is 80.5 Å². The minimum atomic E-state index is -3.91. The molecule has 3 N–H and O–H groups in total. The molecule has 0 aliphatic carbocycles. The van der Waals surface area contributed by atoms with Crippen molar-refractivity contribution >= 4 is 45.1 Å². The van der Waals surface area contributed by atoms with E-state index in [2.05, 4.69) is 16.5 Å². The molecule has 2 aromatic rings. The lowest BCUT2D eigenvalue weighted by atomic mass is 10.0. The Balaban J connectivity index is 1.78. The van der Waals surface area contributed by atoms with Crippen LogP contribution in [0.3, 0.4) is 0 Å². The van der Waals surface area contributed by atoms with Crippen molar-refractivity contribution in [3.63, 3.8) is 0 Å². The highest BCUT2D eigenvalue weighted by atomic mass is 32.2. The molecule has 0 radical (unpaired) electrons. The molecule has 0 saturated carbocycles. The Kier molecular flexibility index (Phi) is 11.6. The van der Waals surface area contributed by atoms with Gasteiger partial charge in [-0.1, -0.05) is 83.2 Å². The summed E-state index contributed by atoms with van der Waals surface area (Å²) in [5.41, 5.74) is 3.24. The Bertz CT molecular complexity index is 1110. The third kappa shape index (κ3) is 7.89. The summed E-state index contributed by atoms with van der Waals surface area (Å²) in [5.74, 6) is 0.914. The number of amides is 1. The van der Waals surface area contributed by atoms with Crippen molar-refractivity contribution in [1.82, 2.24) is 10.8 Å². The van der Waals surface area contributed by atoms with Gasteiger partial charge in [0.2, 0.25) is 0 Å². The lowest BCUT2D eigenvalue weighted by Gasteiger charge is -2.27. The van der Waals surface area contributed by atoms with E-state index in [-0.39, 0.29) is 10.8 Å². The van der Waals surface area contributed by atoms with Crippen LogP contribution in [-0.2, 0) is 14.6 Å². The minimum Gasteiger partial charge on any atom is -0.305 e. The van der Waals surface area contributed by atoms with E-state index in [0.29, 0.717) is 5.56 Å². The van der Waals surface area contributed by atoms with Gasteiger partial charge in [0.05, 0.1) is 22.5 Å². The SMILES string of the molecule is CCCCCCCCSN1CSc2cc(S(=O)(=O)C(N[C@@H](C(=O)NO)C(C)C)c3ccccc3)ccc21. The summed E-state index contributed by atoms with van der Waals surface area (Å²) in [6, 6.07) is 13.2. The quantitative estimate of drug-likeness (QED) is 0.102. The van der Waals surface area contributed by atoms with Gasteiger partial charge in [-0.15, -0.1) is 11.8 Å². The molecule has 10 heteroatoms. The maximum atomic E-state index is 13.9. The number of nitrogens with zero attached hydrogens (tertiary/aromatic N) is 1. The number of anilines is 1. The van der Waals surface area contributed by atoms with Crippen molar-refractivity contribution < 1.29 is 18.4 Å². The van der Waals surface area contributed by atoms with Gasteiger partial charge in [-0.3, -0.25) is 15.3 Å². The van der Waals surface area contributed by atoms with Crippen molar-refractivity contribution in [2.75, 3.05) is 15.9 Å². The summed E-state index contributed by atoms with van der Waals surface area (Å²) in [6.45, 7) is 5.82. The first-order valence-electron chi connectivity index (χ1n) is 13.0. The van der Waals surface area contributed by atoms with Crippen molar-refractivity contribution in [3.8, 4) is 0 Å². The molecule has 0 saturated heterocycles. The fourth-order valence-corrected chi connectivity index (χ4v) is 8.31. The highest BCUT2D eigenvalue weighted by Gasteiger charge is 2.35. The van der Waals surface area contributed by atoms with Crippen LogP contribution in [0.25, 0.3) is 0 Å². The maximum Gasteiger partial charge on any atom is 0.260 e. The van der Waals surface area contributed by atoms with Gasteiger partial charge in [-0.2, -0.15) is 0 Å². The summed E-state index contributed by atoms with van der Waals surface area (Å²) < 4.78 is 30.1. The number of carbonyl (C=O) groups is 1. The second-order valence-corrected chi connectivity index (χ2v) is 13.7. The average Bonchev–Trinajstić information content (AvgIpc) is 3.30. The van der Waals surface area contributed by atoms with Crippen LogP contribution >= 0.6 is 23.7 Å². The van der Waals surface area contributed by atoms with E-state index in [0.717, 1.165) is 22.2 Å². The van der Waals surface area contributed by atoms with Crippen LogP contribution in [0.2, 0.25) is 0 Å². The molecule has 1 heterocycles. The van der Waals surface area contributed by atoms with Crippen LogP contribution < -0.4 is 15.1 Å². The van der Waals surface area contributed by atoms with Crippen LogP contribution in [0.1, 0.15) is 70.2 Å². The number of hydrogen-bond acceptors (Lipinski definition) is 8. The molecule has 2 atom stereocenters. The number of hydroxylamine groups is 1. The van der Waals surface area contributed by atoms with E-state index in [1.807, 2.05) is 12.1 Å². The molecule has 204 valence electrons. The number of nitrogens with one attached hydrogen (secondary N) is 2. The highest BCUT2D eigenvalue weighted by molar-refractivity contribution is 8.04. The van der Waals surface area contributed by atoms with E-state index in [1.54, 1.807) is 79.4 Å². The first kappa shape index (κ1) is 29.8. The lowest BCUT2D eigenvalue weighted by molar-refractivity contribution is -0.132. The summed E-state index contributed by atoms with van der Waals surface area (Å²) in [5, 5.41) is 11.1. The van der Waals surface area contributed by atoms with Gasteiger partial charge in [0, 0.05) is 10.6 Å². The van der Waals surface area contributed by atoms with E-state index in [9.17, 15) is 18.4 Å². The number of unbranched alkanes of at least 4 members (excludes halogenated alkanes) is 5. The van der Waals surface area contributed by atoms with E-state index >= 15 is 0 Å². The van der Waals surface area contributed by atoms with E-state index in [4.69, 9.17) is 0 Å². The molecule has 1 aliphatic rings. The van der Waals surface area contributed by atoms with Crippen molar-refractivity contribution in [2.24, 2.45) is 5.92 Å². The van der Waals surface area contributed by atoms with Crippen LogP contribution in [0, 0.1) is 5.92 Å². The normalized spacial score (nSPS) is 15.0. The lowest BCUT2D eigenvalue weighted by Crippen LogP contribution is -2.49. The Hall–Kier alpha value is -1.72. The molecule has 3 rings (SSSR count). The molecule has 1 unspecified atom stereocenters. The molecule has 0 aromatic heterocycles. The second-order valence-electron chi connectivity index (χ2n) is 9.58. The smallest absolute Gasteiger partial charge is 0.260 e. The monoisotopic (exact) mass is 565 g/mol. The summed E-state index contributed by atoms with van der Waals surface area (Å²) in [6.07, 6.45) is 7.59. The fraction of sp³-hybridized carbons (Fsp3) is 0.519. The zero-order valence-electron chi connectivity index (χ0n) is 21.9. The van der Waals surface area contributed by atoms with E-state index < -0.39 is 27.2 Å². The first-order valence-corrected chi connectivity index (χ1v) is 16.4.